The van der Waals surface area contributed by atoms with Crippen molar-refractivity contribution in [2.75, 3.05) is 20.1 Å². The van der Waals surface area contributed by atoms with Crippen LogP contribution in [0.3, 0.4) is 0 Å². The summed E-state index contributed by atoms with van der Waals surface area (Å²) in [6.07, 6.45) is 2.63. The predicted octanol–water partition coefficient (Wildman–Crippen LogP) is 0.0393. The fraction of sp³-hybridized carbons (Fsp3) is 1.00. The van der Waals surface area contributed by atoms with Gasteiger partial charge in [-0.25, -0.2) is 0 Å². The van der Waals surface area contributed by atoms with Crippen LogP contribution in [0.1, 0.15) is 12.8 Å². The van der Waals surface area contributed by atoms with Crippen molar-refractivity contribution in [2.24, 2.45) is 5.73 Å². The Labute approximate surface area is 50.7 Å². The van der Waals surface area contributed by atoms with E-state index in [2.05, 4.69) is 11.9 Å². The second-order valence-electron chi connectivity index (χ2n) is 2.51. The summed E-state index contributed by atoms with van der Waals surface area (Å²) in [6.45, 7) is 2.07. The van der Waals surface area contributed by atoms with Gasteiger partial charge in [0.15, 0.2) is 0 Å². The highest BCUT2D eigenvalue weighted by molar-refractivity contribution is 4.76. The molecule has 1 saturated heterocycles. The average molecular weight is 114 g/mol. The lowest BCUT2D eigenvalue weighted by Gasteiger charge is -2.15. The van der Waals surface area contributed by atoms with Crippen molar-refractivity contribution in [3.05, 3.63) is 0 Å². The van der Waals surface area contributed by atoms with Crippen LogP contribution in [0, 0.1) is 0 Å². The Morgan fingerprint density at radius 1 is 1.75 bits per heavy atom. The summed E-state index contributed by atoms with van der Waals surface area (Å²) in [5.74, 6) is 0. The highest BCUT2D eigenvalue weighted by Crippen LogP contribution is 2.12. The van der Waals surface area contributed by atoms with Crippen molar-refractivity contribution >= 4 is 0 Å². The first-order chi connectivity index (χ1) is 3.84. The van der Waals surface area contributed by atoms with E-state index in [1.165, 1.54) is 19.4 Å². The molecule has 0 spiro atoms. The minimum atomic E-state index is 0.676. The average Bonchev–Trinajstić information content (AvgIpc) is 2.14. The number of likely N-dealkylation sites (tertiary alicyclic amines) is 1. The molecule has 2 heteroatoms. The van der Waals surface area contributed by atoms with Gasteiger partial charge in [0.25, 0.3) is 0 Å². The van der Waals surface area contributed by atoms with Crippen LogP contribution in [0.2, 0.25) is 0 Å². The topological polar surface area (TPSA) is 29.3 Å². The van der Waals surface area contributed by atoms with E-state index in [4.69, 9.17) is 5.73 Å². The zero-order valence-corrected chi connectivity index (χ0v) is 5.43. The molecule has 48 valence electrons. The molecule has 0 bridgehead atoms. The quantitative estimate of drug-likeness (QED) is 0.521. The summed E-state index contributed by atoms with van der Waals surface area (Å²) in [5, 5.41) is 0. The van der Waals surface area contributed by atoms with Crippen molar-refractivity contribution in [3.8, 4) is 0 Å². The van der Waals surface area contributed by atoms with Gasteiger partial charge in [-0.2, -0.15) is 0 Å². The van der Waals surface area contributed by atoms with Crippen molar-refractivity contribution in [1.82, 2.24) is 4.90 Å². The van der Waals surface area contributed by atoms with Crippen LogP contribution in [0.15, 0.2) is 0 Å². The van der Waals surface area contributed by atoms with Gasteiger partial charge in [0, 0.05) is 12.6 Å². The zero-order chi connectivity index (χ0) is 5.98. The first kappa shape index (κ1) is 6.05. The summed E-state index contributed by atoms with van der Waals surface area (Å²) >= 11 is 0. The second-order valence-corrected chi connectivity index (χ2v) is 2.51. The van der Waals surface area contributed by atoms with Gasteiger partial charge in [-0.1, -0.05) is 0 Å². The normalized spacial score (nSPS) is 31.5. The van der Waals surface area contributed by atoms with Crippen LogP contribution in [0.25, 0.3) is 0 Å². The number of nitrogens with zero attached hydrogens (tertiary/aromatic N) is 1. The third kappa shape index (κ3) is 1.01. The maximum absolute atomic E-state index is 5.48. The molecule has 0 aromatic rings. The van der Waals surface area contributed by atoms with Gasteiger partial charge in [-0.3, -0.25) is 0 Å². The zero-order valence-electron chi connectivity index (χ0n) is 5.43. The Balaban J connectivity index is 2.30. The second kappa shape index (κ2) is 2.46. The largest absolute Gasteiger partial charge is 0.329 e. The monoisotopic (exact) mass is 114 g/mol. The predicted molar refractivity (Wildman–Crippen MR) is 34.7 cm³/mol. The Morgan fingerprint density at radius 2 is 2.50 bits per heavy atom. The van der Waals surface area contributed by atoms with E-state index >= 15 is 0 Å². The molecule has 1 aliphatic heterocycles. The van der Waals surface area contributed by atoms with Crippen molar-refractivity contribution in [2.45, 2.75) is 18.9 Å². The van der Waals surface area contributed by atoms with Gasteiger partial charge in [0.05, 0.1) is 0 Å². The Bertz CT molecular complexity index is 72.9. The Hall–Kier alpha value is -0.0800. The van der Waals surface area contributed by atoms with E-state index < -0.39 is 0 Å². The summed E-state index contributed by atoms with van der Waals surface area (Å²) in [5.41, 5.74) is 5.48. The van der Waals surface area contributed by atoms with E-state index in [0.717, 1.165) is 6.54 Å². The van der Waals surface area contributed by atoms with E-state index in [9.17, 15) is 0 Å². The van der Waals surface area contributed by atoms with E-state index in [-0.39, 0.29) is 0 Å². The summed E-state index contributed by atoms with van der Waals surface area (Å²) in [4.78, 5) is 2.33. The molecule has 1 fully saturated rings. The van der Waals surface area contributed by atoms with E-state index in [1.807, 2.05) is 0 Å². The van der Waals surface area contributed by atoms with Crippen molar-refractivity contribution in [3.63, 3.8) is 0 Å². The maximum atomic E-state index is 5.48. The van der Waals surface area contributed by atoms with E-state index in [1.54, 1.807) is 0 Å². The molecule has 1 atom stereocenters. The number of hydrogen-bond donors (Lipinski definition) is 1. The minimum absolute atomic E-state index is 0.676. The SMILES string of the molecule is CN1CCC[C@H]1CN. The standard InChI is InChI=1S/C6H14N2/c1-8-4-2-3-6(8)5-7/h6H,2-5,7H2,1H3/t6-/m0/s1. The van der Waals surface area contributed by atoms with Gasteiger partial charge in [-0.15, -0.1) is 0 Å². The fourth-order valence-corrected chi connectivity index (χ4v) is 1.28. The smallest absolute Gasteiger partial charge is 0.0215 e. The van der Waals surface area contributed by atoms with Gasteiger partial charge >= 0.3 is 0 Å². The number of likely N-dealkylation sites (N-methyl/N-ethyl adjacent to an activating group) is 1. The van der Waals surface area contributed by atoms with Crippen LogP contribution < -0.4 is 5.73 Å². The Kier molecular flexibility index (Phi) is 1.86. The van der Waals surface area contributed by atoms with Gasteiger partial charge < -0.3 is 10.6 Å². The molecule has 1 heterocycles. The number of hydrogen-bond acceptors (Lipinski definition) is 2. The molecule has 0 radical (unpaired) electrons. The molecule has 2 nitrogen and oxygen atoms in total. The molecule has 0 amide bonds. The molecule has 2 N–H and O–H groups in total. The highest BCUT2D eigenvalue weighted by Gasteiger charge is 2.17. The molecule has 0 unspecified atom stereocenters. The third-order valence-electron chi connectivity index (χ3n) is 1.94. The first-order valence-corrected chi connectivity index (χ1v) is 3.25. The number of nitrogens with two attached hydrogens (primary N) is 1. The van der Waals surface area contributed by atoms with Crippen LogP contribution in [0.4, 0.5) is 0 Å². The first-order valence-electron chi connectivity index (χ1n) is 3.25. The van der Waals surface area contributed by atoms with Crippen LogP contribution in [-0.4, -0.2) is 31.1 Å². The van der Waals surface area contributed by atoms with Gasteiger partial charge in [0.2, 0.25) is 0 Å². The molecule has 0 aromatic carbocycles. The molecule has 1 rings (SSSR count). The summed E-state index contributed by atoms with van der Waals surface area (Å²) < 4.78 is 0. The van der Waals surface area contributed by atoms with Crippen LogP contribution in [0.5, 0.6) is 0 Å². The summed E-state index contributed by atoms with van der Waals surface area (Å²) in [6, 6.07) is 0.676. The summed E-state index contributed by atoms with van der Waals surface area (Å²) in [7, 11) is 2.14. The van der Waals surface area contributed by atoms with Crippen LogP contribution >= 0.6 is 0 Å². The lowest BCUT2D eigenvalue weighted by Crippen LogP contribution is -2.31. The van der Waals surface area contributed by atoms with Crippen molar-refractivity contribution < 1.29 is 0 Å². The molecule has 0 aliphatic carbocycles. The molecular formula is C6H14N2. The highest BCUT2D eigenvalue weighted by atomic mass is 15.2. The van der Waals surface area contributed by atoms with Gasteiger partial charge in [0.1, 0.15) is 0 Å². The molecule has 0 saturated carbocycles. The Morgan fingerprint density at radius 3 is 2.75 bits per heavy atom. The molecule has 1 aliphatic rings. The molecular weight excluding hydrogens is 100 g/mol. The lowest BCUT2D eigenvalue weighted by atomic mass is 10.2. The number of rotatable bonds is 1. The third-order valence-corrected chi connectivity index (χ3v) is 1.94. The molecule has 8 heavy (non-hydrogen) atoms. The molecule has 0 aromatic heterocycles. The minimum Gasteiger partial charge on any atom is -0.329 e. The maximum Gasteiger partial charge on any atom is 0.0215 e. The van der Waals surface area contributed by atoms with Gasteiger partial charge in [-0.05, 0) is 26.4 Å². The van der Waals surface area contributed by atoms with Crippen molar-refractivity contribution in [1.29, 1.82) is 0 Å². The van der Waals surface area contributed by atoms with Crippen LogP contribution in [-0.2, 0) is 0 Å². The fourth-order valence-electron chi connectivity index (χ4n) is 1.28. The lowest BCUT2D eigenvalue weighted by molar-refractivity contribution is 0.317. The van der Waals surface area contributed by atoms with E-state index in [0.29, 0.717) is 6.04 Å².